The van der Waals surface area contributed by atoms with E-state index in [2.05, 4.69) is 5.32 Å². The largest absolute Gasteiger partial charge is 0.416 e. The lowest BCUT2D eigenvalue weighted by Gasteiger charge is -2.32. The lowest BCUT2D eigenvalue weighted by molar-refractivity contribution is -0.139. The lowest BCUT2D eigenvalue weighted by atomic mass is 10.1. The molecule has 0 aromatic heterocycles. The van der Waals surface area contributed by atoms with Gasteiger partial charge in [-0.2, -0.15) is 13.2 Å². The first kappa shape index (κ1) is 29.2. The maximum atomic E-state index is 13.5. The number of sulfonamides is 1. The molecular formula is C25H32F3N3O4S. The van der Waals surface area contributed by atoms with Gasteiger partial charge in [-0.3, -0.25) is 13.9 Å². The minimum atomic E-state index is -4.69. The highest BCUT2D eigenvalue weighted by Crippen LogP contribution is 2.32. The van der Waals surface area contributed by atoms with Crippen molar-refractivity contribution in [2.75, 3.05) is 23.7 Å². The molecule has 2 rings (SSSR count). The van der Waals surface area contributed by atoms with Crippen LogP contribution in [0.1, 0.15) is 43.4 Å². The maximum absolute atomic E-state index is 13.5. The second kappa shape index (κ2) is 12.2. The molecule has 0 aliphatic heterocycles. The summed E-state index contributed by atoms with van der Waals surface area (Å²) in [5.41, 5.74) is 0.286. The summed E-state index contributed by atoms with van der Waals surface area (Å²) in [5, 5.41) is 2.77. The Hall–Kier alpha value is -3.08. The van der Waals surface area contributed by atoms with E-state index in [-0.39, 0.29) is 12.2 Å². The standard InChI is InChI=1S/C25H32F3N3O4S/c1-5-6-14-29-24(33)19(3)30(16-20-11-8-7-10-18(20)2)23(32)17-31(36(4,34)35)22-13-9-12-21(15-22)25(26,27)28/h7-13,15,19H,5-6,14,16-17H2,1-4H3,(H,29,33)/t19-/m1/s1. The predicted molar refractivity (Wildman–Crippen MR) is 133 cm³/mol. The molecule has 36 heavy (non-hydrogen) atoms. The average Bonchev–Trinajstić information content (AvgIpc) is 2.80. The predicted octanol–water partition coefficient (Wildman–Crippen LogP) is 4.11. The van der Waals surface area contributed by atoms with Crippen LogP contribution in [0.25, 0.3) is 0 Å². The van der Waals surface area contributed by atoms with Gasteiger partial charge in [-0.25, -0.2) is 8.42 Å². The minimum absolute atomic E-state index is 0.0219. The fraction of sp³-hybridized carbons (Fsp3) is 0.440. The molecule has 2 amide bonds. The SMILES string of the molecule is CCCCNC(=O)[C@@H](C)N(Cc1ccccc1C)C(=O)CN(c1cccc(C(F)(F)F)c1)S(C)(=O)=O. The molecule has 0 saturated heterocycles. The van der Waals surface area contributed by atoms with E-state index in [1.165, 1.54) is 17.9 Å². The van der Waals surface area contributed by atoms with Crippen molar-refractivity contribution in [3.63, 3.8) is 0 Å². The van der Waals surface area contributed by atoms with Gasteiger partial charge in [0.15, 0.2) is 0 Å². The van der Waals surface area contributed by atoms with Crippen molar-refractivity contribution in [2.45, 2.75) is 52.4 Å². The van der Waals surface area contributed by atoms with Crippen molar-refractivity contribution in [1.82, 2.24) is 10.2 Å². The fourth-order valence-electron chi connectivity index (χ4n) is 3.54. The Morgan fingerprint density at radius 1 is 1.08 bits per heavy atom. The Morgan fingerprint density at radius 3 is 2.33 bits per heavy atom. The third-order valence-corrected chi connectivity index (χ3v) is 6.88. The second-order valence-electron chi connectivity index (χ2n) is 8.59. The normalized spacial score (nSPS) is 12.6. The van der Waals surface area contributed by atoms with Gasteiger partial charge in [-0.1, -0.05) is 43.7 Å². The Balaban J connectivity index is 2.42. The molecule has 0 aliphatic carbocycles. The number of benzene rings is 2. The van der Waals surface area contributed by atoms with Crippen LogP contribution in [0.4, 0.5) is 18.9 Å². The van der Waals surface area contributed by atoms with Crippen LogP contribution in [0.2, 0.25) is 0 Å². The lowest BCUT2D eigenvalue weighted by Crippen LogP contribution is -2.51. The van der Waals surface area contributed by atoms with E-state index in [9.17, 15) is 31.2 Å². The van der Waals surface area contributed by atoms with Crippen molar-refractivity contribution in [3.8, 4) is 0 Å². The van der Waals surface area contributed by atoms with Crippen LogP contribution in [0.5, 0.6) is 0 Å². The van der Waals surface area contributed by atoms with Crippen LogP contribution < -0.4 is 9.62 Å². The number of halogens is 3. The van der Waals surface area contributed by atoms with Gasteiger partial charge in [-0.05, 0) is 49.6 Å². The number of aryl methyl sites for hydroxylation is 1. The van der Waals surface area contributed by atoms with Crippen LogP contribution in [0, 0.1) is 6.92 Å². The van der Waals surface area contributed by atoms with E-state index < -0.39 is 46.2 Å². The van der Waals surface area contributed by atoms with E-state index in [0.717, 1.165) is 42.4 Å². The number of rotatable bonds is 11. The Kier molecular flexibility index (Phi) is 9.92. The van der Waals surface area contributed by atoms with Crippen molar-refractivity contribution < 1.29 is 31.2 Å². The highest BCUT2D eigenvalue weighted by atomic mass is 32.2. The smallest absolute Gasteiger partial charge is 0.354 e. The van der Waals surface area contributed by atoms with Crippen molar-refractivity contribution >= 4 is 27.5 Å². The Labute approximate surface area is 210 Å². The van der Waals surface area contributed by atoms with Gasteiger partial charge < -0.3 is 10.2 Å². The van der Waals surface area contributed by atoms with Gasteiger partial charge >= 0.3 is 6.18 Å². The first-order chi connectivity index (χ1) is 16.8. The zero-order chi connectivity index (χ0) is 27.1. The van der Waals surface area contributed by atoms with Crippen molar-refractivity contribution in [1.29, 1.82) is 0 Å². The van der Waals surface area contributed by atoms with E-state index in [4.69, 9.17) is 0 Å². The summed E-state index contributed by atoms with van der Waals surface area (Å²) in [6, 6.07) is 10.1. The summed E-state index contributed by atoms with van der Waals surface area (Å²) in [7, 11) is -4.14. The minimum Gasteiger partial charge on any atom is -0.354 e. The van der Waals surface area contributed by atoms with E-state index >= 15 is 0 Å². The summed E-state index contributed by atoms with van der Waals surface area (Å²) in [6.45, 7) is 5.03. The molecular weight excluding hydrogens is 495 g/mol. The summed E-state index contributed by atoms with van der Waals surface area (Å²) in [6.07, 6.45) is -2.26. The van der Waals surface area contributed by atoms with Crippen LogP contribution in [-0.2, 0) is 32.3 Å². The number of nitrogens with one attached hydrogen (secondary N) is 1. The molecule has 0 radical (unpaired) electrons. The number of hydrogen-bond acceptors (Lipinski definition) is 4. The molecule has 0 fully saturated rings. The van der Waals surface area contributed by atoms with E-state index in [1.807, 2.05) is 26.0 Å². The molecule has 2 aromatic rings. The van der Waals surface area contributed by atoms with Gasteiger partial charge in [0, 0.05) is 13.1 Å². The number of carbonyl (C=O) groups excluding carboxylic acids is 2. The summed E-state index contributed by atoms with van der Waals surface area (Å²) in [4.78, 5) is 27.5. The zero-order valence-electron chi connectivity index (χ0n) is 20.8. The monoisotopic (exact) mass is 527 g/mol. The van der Waals surface area contributed by atoms with Gasteiger partial charge in [0.2, 0.25) is 21.8 Å². The fourth-order valence-corrected chi connectivity index (χ4v) is 4.38. The van der Waals surface area contributed by atoms with E-state index in [1.54, 1.807) is 12.1 Å². The van der Waals surface area contributed by atoms with Crippen molar-refractivity contribution in [3.05, 3.63) is 65.2 Å². The number of anilines is 1. The molecule has 0 aliphatic rings. The highest BCUT2D eigenvalue weighted by Gasteiger charge is 2.33. The quantitative estimate of drug-likeness (QED) is 0.446. The first-order valence-electron chi connectivity index (χ1n) is 11.5. The molecule has 1 N–H and O–H groups in total. The number of hydrogen-bond donors (Lipinski definition) is 1. The second-order valence-corrected chi connectivity index (χ2v) is 10.5. The number of amides is 2. The third-order valence-electron chi connectivity index (χ3n) is 5.74. The molecule has 11 heteroatoms. The summed E-state index contributed by atoms with van der Waals surface area (Å²) >= 11 is 0. The molecule has 7 nitrogen and oxygen atoms in total. The Morgan fingerprint density at radius 2 is 1.75 bits per heavy atom. The van der Waals surface area contributed by atoms with Crippen LogP contribution >= 0.6 is 0 Å². The average molecular weight is 528 g/mol. The van der Waals surface area contributed by atoms with Crippen molar-refractivity contribution in [2.24, 2.45) is 0 Å². The number of nitrogens with zero attached hydrogens (tertiary/aromatic N) is 2. The van der Waals surface area contributed by atoms with Crippen LogP contribution in [0.3, 0.4) is 0 Å². The molecule has 198 valence electrons. The molecule has 1 atom stereocenters. The number of unbranched alkanes of at least 4 members (excludes halogenated alkanes) is 1. The van der Waals surface area contributed by atoms with Gasteiger partial charge in [0.1, 0.15) is 12.6 Å². The maximum Gasteiger partial charge on any atom is 0.416 e. The summed E-state index contributed by atoms with van der Waals surface area (Å²) in [5.74, 6) is -1.13. The molecule has 0 unspecified atom stereocenters. The van der Waals surface area contributed by atoms with Gasteiger partial charge in [-0.15, -0.1) is 0 Å². The molecule has 0 spiro atoms. The Bertz CT molecular complexity index is 1170. The number of alkyl halides is 3. The van der Waals surface area contributed by atoms with Crippen LogP contribution in [0.15, 0.2) is 48.5 Å². The summed E-state index contributed by atoms with van der Waals surface area (Å²) < 4.78 is 65.4. The molecule has 0 saturated carbocycles. The molecule has 2 aromatic carbocycles. The molecule has 0 bridgehead atoms. The third kappa shape index (κ3) is 7.97. The first-order valence-corrected chi connectivity index (χ1v) is 13.4. The highest BCUT2D eigenvalue weighted by molar-refractivity contribution is 7.92. The van der Waals surface area contributed by atoms with Gasteiger partial charge in [0.05, 0.1) is 17.5 Å². The molecule has 0 heterocycles. The zero-order valence-corrected chi connectivity index (χ0v) is 21.6. The van der Waals surface area contributed by atoms with Gasteiger partial charge in [0.25, 0.3) is 0 Å². The van der Waals surface area contributed by atoms with Crippen LogP contribution in [-0.4, -0.2) is 50.5 Å². The van der Waals surface area contributed by atoms with E-state index in [0.29, 0.717) is 16.9 Å². The topological polar surface area (TPSA) is 86.8 Å². The number of carbonyl (C=O) groups is 2.